The van der Waals surface area contributed by atoms with E-state index in [1.54, 1.807) is 6.08 Å². The second-order valence-electron chi connectivity index (χ2n) is 6.07. The molecule has 0 N–H and O–H groups in total. The lowest BCUT2D eigenvalue weighted by Crippen LogP contribution is -2.28. The van der Waals surface area contributed by atoms with Crippen LogP contribution < -0.4 is 4.18 Å². The Bertz CT molecular complexity index is 782. The second-order valence-corrected chi connectivity index (χ2v) is 7.61. The van der Waals surface area contributed by atoms with Crippen LogP contribution in [0, 0.1) is 0 Å². The topological polar surface area (TPSA) is 74.7 Å². The molecule has 1 aliphatic carbocycles. The van der Waals surface area contributed by atoms with Crippen molar-refractivity contribution in [2.24, 2.45) is 0 Å². The van der Waals surface area contributed by atoms with E-state index in [0.29, 0.717) is 18.6 Å². The minimum Gasteiger partial charge on any atom is -0.379 e. The second kappa shape index (κ2) is 9.66. The van der Waals surface area contributed by atoms with E-state index in [-0.39, 0.29) is 12.3 Å². The fourth-order valence-electron chi connectivity index (χ4n) is 2.45. The van der Waals surface area contributed by atoms with Crippen LogP contribution in [-0.4, -0.2) is 44.9 Å². The minimum atomic E-state index is -5.81. The summed E-state index contributed by atoms with van der Waals surface area (Å²) < 4.78 is 87.8. The van der Waals surface area contributed by atoms with Gasteiger partial charge in [0.05, 0.1) is 18.4 Å². The molecule has 0 aliphatic heterocycles. The molecular weight excluding hydrogens is 406 g/mol. The molecule has 2 rings (SSSR count). The predicted molar refractivity (Wildman–Crippen MR) is 92.8 cm³/mol. The van der Waals surface area contributed by atoms with E-state index in [1.807, 2.05) is 6.92 Å². The van der Waals surface area contributed by atoms with Crippen molar-refractivity contribution in [1.82, 2.24) is 4.98 Å². The molecule has 11 heteroatoms. The lowest BCUT2D eigenvalue weighted by atomic mass is 9.99. The number of alkyl halides is 4. The molecule has 2 atom stereocenters. The maximum Gasteiger partial charge on any atom is 0.534 e. The summed E-state index contributed by atoms with van der Waals surface area (Å²) in [7, 11) is -5.81. The lowest BCUT2D eigenvalue weighted by molar-refractivity contribution is -0.0676. The highest BCUT2D eigenvalue weighted by Gasteiger charge is 2.49. The highest BCUT2D eigenvalue weighted by atomic mass is 32.2. The fraction of sp³-hybridized carbons (Fsp3) is 0.588. The third kappa shape index (κ3) is 5.89. The van der Waals surface area contributed by atoms with Crippen LogP contribution in [0.2, 0.25) is 0 Å². The Balaban J connectivity index is 2.09. The summed E-state index contributed by atoms with van der Waals surface area (Å²) in [5.41, 5.74) is -4.88. The van der Waals surface area contributed by atoms with Crippen molar-refractivity contribution in [3.8, 4) is 5.88 Å². The van der Waals surface area contributed by atoms with Crippen LogP contribution in [0.5, 0.6) is 5.88 Å². The van der Waals surface area contributed by atoms with Crippen molar-refractivity contribution in [3.63, 3.8) is 0 Å². The van der Waals surface area contributed by atoms with Gasteiger partial charge in [0.2, 0.25) is 5.88 Å². The Hall–Kier alpha value is -1.72. The number of hydrogen-bond acceptors (Lipinski definition) is 6. The Kier molecular flexibility index (Phi) is 7.79. The molecule has 0 aromatic carbocycles. The van der Waals surface area contributed by atoms with Crippen LogP contribution >= 0.6 is 0 Å². The van der Waals surface area contributed by atoms with Gasteiger partial charge in [0.15, 0.2) is 0 Å². The number of fused-ring (bicyclic) bond motifs is 1. The molecule has 6 nitrogen and oxygen atoms in total. The van der Waals surface area contributed by atoms with E-state index >= 15 is 0 Å². The molecule has 0 fully saturated rings. The van der Waals surface area contributed by atoms with Gasteiger partial charge in [-0.25, -0.2) is 9.37 Å². The van der Waals surface area contributed by atoms with Crippen molar-refractivity contribution in [2.45, 2.75) is 43.9 Å². The number of rotatable bonds is 10. The maximum absolute atomic E-state index is 13.2. The Morgan fingerprint density at radius 3 is 2.71 bits per heavy atom. The van der Waals surface area contributed by atoms with Gasteiger partial charge < -0.3 is 13.7 Å². The Morgan fingerprint density at radius 1 is 1.32 bits per heavy atom. The van der Waals surface area contributed by atoms with Crippen molar-refractivity contribution in [2.75, 3.05) is 19.9 Å². The van der Waals surface area contributed by atoms with Crippen molar-refractivity contribution in [3.05, 3.63) is 29.5 Å². The van der Waals surface area contributed by atoms with Crippen LogP contribution in [0.3, 0.4) is 0 Å². The number of nitrogens with zero attached hydrogens (tertiary/aromatic N) is 1. The van der Waals surface area contributed by atoms with E-state index in [9.17, 15) is 26.0 Å². The maximum atomic E-state index is 13.2. The SMILES string of the molecule is CCCCOCC(CF)O[C@@H]1CC=Cc2nc(OS(=O)(=O)C(F)(F)F)ccc21. The van der Waals surface area contributed by atoms with E-state index in [0.717, 1.165) is 18.9 Å². The van der Waals surface area contributed by atoms with Gasteiger partial charge in [-0.1, -0.05) is 19.4 Å². The fourth-order valence-corrected chi connectivity index (χ4v) is 2.86. The summed E-state index contributed by atoms with van der Waals surface area (Å²) in [5, 5.41) is 0. The lowest BCUT2D eigenvalue weighted by Gasteiger charge is -2.26. The molecule has 0 radical (unpaired) electrons. The molecule has 0 bridgehead atoms. The number of pyridine rings is 1. The standard InChI is InChI=1S/C17H21F4NO5S/c1-2-3-9-25-11-12(10-18)26-15-6-4-5-14-13(15)7-8-16(22-14)27-28(23,24)17(19,20)21/h4-5,7-8,12,15H,2-3,6,9-11H2,1H3/t12?,15-/m1/s1. The zero-order valence-electron chi connectivity index (χ0n) is 15.1. The summed E-state index contributed by atoms with van der Waals surface area (Å²) in [6, 6.07) is 2.35. The molecule has 0 spiro atoms. The summed E-state index contributed by atoms with van der Waals surface area (Å²) in [6.07, 6.45) is 3.96. The number of unbranched alkanes of at least 4 members (excludes halogenated alkanes) is 1. The number of aromatic nitrogens is 1. The molecule has 0 amide bonds. The molecule has 0 saturated heterocycles. The quantitative estimate of drug-likeness (QED) is 0.244. The van der Waals surface area contributed by atoms with Crippen LogP contribution in [0.4, 0.5) is 17.6 Å². The van der Waals surface area contributed by atoms with Crippen molar-refractivity contribution in [1.29, 1.82) is 0 Å². The number of halogens is 4. The minimum absolute atomic E-state index is 0.0739. The molecular formula is C17H21F4NO5S. The van der Waals surface area contributed by atoms with Gasteiger partial charge in [-0.2, -0.15) is 21.6 Å². The van der Waals surface area contributed by atoms with Crippen LogP contribution in [0.25, 0.3) is 6.08 Å². The zero-order valence-corrected chi connectivity index (χ0v) is 15.9. The molecule has 1 aliphatic rings. The third-order valence-electron chi connectivity index (χ3n) is 3.86. The third-order valence-corrected chi connectivity index (χ3v) is 4.82. The largest absolute Gasteiger partial charge is 0.534 e. The zero-order chi connectivity index (χ0) is 20.8. The van der Waals surface area contributed by atoms with E-state index in [2.05, 4.69) is 9.17 Å². The average Bonchev–Trinajstić information content (AvgIpc) is 2.63. The molecule has 28 heavy (non-hydrogen) atoms. The van der Waals surface area contributed by atoms with Crippen LogP contribution in [-0.2, 0) is 19.6 Å². The number of hydrogen-bond donors (Lipinski definition) is 0. The summed E-state index contributed by atoms with van der Waals surface area (Å²) in [5.74, 6) is -0.716. The van der Waals surface area contributed by atoms with E-state index in [1.165, 1.54) is 12.1 Å². The first kappa shape index (κ1) is 22.6. The van der Waals surface area contributed by atoms with Gasteiger partial charge in [0.25, 0.3) is 0 Å². The number of ether oxygens (including phenoxy) is 2. The molecule has 1 unspecified atom stereocenters. The summed E-state index contributed by atoms with van der Waals surface area (Å²) in [4.78, 5) is 3.79. The normalized spacial score (nSPS) is 18.0. The molecule has 1 heterocycles. The van der Waals surface area contributed by atoms with Gasteiger partial charge in [-0.3, -0.25) is 0 Å². The molecule has 1 aromatic heterocycles. The van der Waals surface area contributed by atoms with Gasteiger partial charge in [0.1, 0.15) is 12.8 Å². The average molecular weight is 427 g/mol. The highest BCUT2D eigenvalue weighted by molar-refractivity contribution is 7.87. The first-order valence-electron chi connectivity index (χ1n) is 8.65. The molecule has 1 aromatic rings. The molecule has 158 valence electrons. The smallest absolute Gasteiger partial charge is 0.379 e. The predicted octanol–water partition coefficient (Wildman–Crippen LogP) is 3.94. The van der Waals surface area contributed by atoms with E-state index in [4.69, 9.17) is 9.47 Å². The highest BCUT2D eigenvalue weighted by Crippen LogP contribution is 2.33. The van der Waals surface area contributed by atoms with E-state index < -0.39 is 40.4 Å². The van der Waals surface area contributed by atoms with Gasteiger partial charge in [0, 0.05) is 18.2 Å². The first-order chi connectivity index (χ1) is 13.2. The van der Waals surface area contributed by atoms with Crippen LogP contribution in [0.1, 0.15) is 43.5 Å². The van der Waals surface area contributed by atoms with Crippen molar-refractivity contribution < 1.29 is 39.6 Å². The van der Waals surface area contributed by atoms with Gasteiger partial charge >= 0.3 is 15.6 Å². The van der Waals surface area contributed by atoms with Crippen molar-refractivity contribution >= 4 is 16.2 Å². The van der Waals surface area contributed by atoms with Gasteiger partial charge in [-0.15, -0.1) is 0 Å². The summed E-state index contributed by atoms with van der Waals surface area (Å²) >= 11 is 0. The Morgan fingerprint density at radius 2 is 2.07 bits per heavy atom. The summed E-state index contributed by atoms with van der Waals surface area (Å²) in [6.45, 7) is 1.81. The Labute approximate surface area is 160 Å². The first-order valence-corrected chi connectivity index (χ1v) is 10.1. The molecule has 0 saturated carbocycles. The van der Waals surface area contributed by atoms with Gasteiger partial charge in [-0.05, 0) is 25.0 Å². The van der Waals surface area contributed by atoms with Crippen LogP contribution in [0.15, 0.2) is 18.2 Å². The monoisotopic (exact) mass is 427 g/mol.